The van der Waals surface area contributed by atoms with Crippen LogP contribution in [0.25, 0.3) is 10.2 Å². The summed E-state index contributed by atoms with van der Waals surface area (Å²) in [7, 11) is 3.51. The highest BCUT2D eigenvalue weighted by atomic mass is 32.1. The van der Waals surface area contributed by atoms with Crippen LogP contribution in [0.4, 0.5) is 11.4 Å². The predicted molar refractivity (Wildman–Crippen MR) is 96.2 cm³/mol. The number of anilines is 1. The zero-order valence-corrected chi connectivity index (χ0v) is 14.4. The van der Waals surface area contributed by atoms with E-state index in [0.29, 0.717) is 10.7 Å². The molecule has 0 saturated carbocycles. The summed E-state index contributed by atoms with van der Waals surface area (Å²) in [5, 5.41) is 11.6. The van der Waals surface area contributed by atoms with Gasteiger partial charge in [0.1, 0.15) is 11.6 Å². The van der Waals surface area contributed by atoms with Crippen LogP contribution in [0.2, 0.25) is 0 Å². The predicted octanol–water partition coefficient (Wildman–Crippen LogP) is 3.63. The Morgan fingerprint density at radius 3 is 2.72 bits per heavy atom. The van der Waals surface area contributed by atoms with Crippen molar-refractivity contribution in [3.8, 4) is 0 Å². The van der Waals surface area contributed by atoms with Gasteiger partial charge in [0.15, 0.2) is 0 Å². The molecule has 0 spiro atoms. The number of para-hydroxylation sites is 1. The average Bonchev–Trinajstić information content (AvgIpc) is 3.01. The molecule has 0 amide bonds. The van der Waals surface area contributed by atoms with Gasteiger partial charge in [0.2, 0.25) is 0 Å². The highest BCUT2D eigenvalue weighted by molar-refractivity contribution is 7.18. The smallest absolute Gasteiger partial charge is 0.340 e. The first-order valence-electron chi connectivity index (χ1n) is 7.43. The highest BCUT2D eigenvalue weighted by Crippen LogP contribution is 2.26. The Bertz CT molecular complexity index is 919. The number of hydrogen-bond donors (Lipinski definition) is 0. The maximum Gasteiger partial charge on any atom is 0.340 e. The second-order valence-corrected chi connectivity index (χ2v) is 6.62. The van der Waals surface area contributed by atoms with Crippen LogP contribution in [-0.4, -0.2) is 30.0 Å². The number of esters is 1. The zero-order chi connectivity index (χ0) is 18.0. The Balaban J connectivity index is 1.82. The molecule has 8 heteroatoms. The Morgan fingerprint density at radius 1 is 1.28 bits per heavy atom. The number of nitro groups is 1. The van der Waals surface area contributed by atoms with E-state index < -0.39 is 10.9 Å². The molecule has 0 atom stereocenters. The number of hydrogen-bond acceptors (Lipinski definition) is 7. The van der Waals surface area contributed by atoms with Gasteiger partial charge in [-0.3, -0.25) is 10.1 Å². The lowest BCUT2D eigenvalue weighted by atomic mass is 10.1. The van der Waals surface area contributed by atoms with Crippen molar-refractivity contribution >= 4 is 38.9 Å². The number of nitro benzene ring substituents is 1. The molecule has 0 aliphatic heterocycles. The number of aromatic nitrogens is 1. The summed E-state index contributed by atoms with van der Waals surface area (Å²) >= 11 is 1.45. The first kappa shape index (κ1) is 16.8. The SMILES string of the molecule is CN(C)c1ccc([N+](=O)[O-])cc1C(=O)OCc1nc2ccccc2s1. The lowest BCUT2D eigenvalue weighted by molar-refractivity contribution is -0.384. The lowest BCUT2D eigenvalue weighted by Gasteiger charge is -2.16. The van der Waals surface area contributed by atoms with E-state index in [1.165, 1.54) is 29.5 Å². The zero-order valence-electron chi connectivity index (χ0n) is 13.6. The summed E-state index contributed by atoms with van der Waals surface area (Å²) < 4.78 is 6.34. The molecular weight excluding hydrogens is 342 g/mol. The Labute approximate surface area is 147 Å². The lowest BCUT2D eigenvalue weighted by Crippen LogP contribution is -2.15. The number of benzene rings is 2. The summed E-state index contributed by atoms with van der Waals surface area (Å²) in [5.41, 5.74) is 1.40. The molecule has 1 aromatic heterocycles. The van der Waals surface area contributed by atoms with E-state index in [1.54, 1.807) is 19.0 Å². The molecule has 7 nitrogen and oxygen atoms in total. The third-order valence-corrected chi connectivity index (χ3v) is 4.57. The fraction of sp³-hybridized carbons (Fsp3) is 0.176. The molecule has 128 valence electrons. The Kier molecular flexibility index (Phi) is 4.62. The third-order valence-electron chi connectivity index (χ3n) is 3.56. The Morgan fingerprint density at radius 2 is 2.04 bits per heavy atom. The molecule has 25 heavy (non-hydrogen) atoms. The quantitative estimate of drug-likeness (QED) is 0.394. The molecule has 1 heterocycles. The summed E-state index contributed by atoms with van der Waals surface area (Å²) in [6.07, 6.45) is 0. The normalized spacial score (nSPS) is 10.6. The molecular formula is C17H15N3O4S. The number of carbonyl (C=O) groups is 1. The van der Waals surface area contributed by atoms with E-state index in [1.807, 2.05) is 24.3 Å². The number of fused-ring (bicyclic) bond motifs is 1. The van der Waals surface area contributed by atoms with Crippen molar-refractivity contribution in [3.05, 3.63) is 63.1 Å². The van der Waals surface area contributed by atoms with Crippen LogP contribution in [0.3, 0.4) is 0 Å². The van der Waals surface area contributed by atoms with E-state index >= 15 is 0 Å². The van der Waals surface area contributed by atoms with Crippen molar-refractivity contribution in [2.75, 3.05) is 19.0 Å². The molecule has 0 N–H and O–H groups in total. The van der Waals surface area contributed by atoms with Gasteiger partial charge in [-0.15, -0.1) is 11.3 Å². The van der Waals surface area contributed by atoms with Crippen molar-refractivity contribution in [3.63, 3.8) is 0 Å². The molecule has 2 aromatic carbocycles. The first-order valence-corrected chi connectivity index (χ1v) is 8.24. The van der Waals surface area contributed by atoms with Gasteiger partial charge in [0, 0.05) is 26.2 Å². The van der Waals surface area contributed by atoms with E-state index in [0.717, 1.165) is 10.2 Å². The topological polar surface area (TPSA) is 85.6 Å². The third kappa shape index (κ3) is 3.58. The number of carbonyl (C=O) groups excluding carboxylic acids is 1. The maximum atomic E-state index is 12.4. The molecule has 0 bridgehead atoms. The van der Waals surface area contributed by atoms with Crippen LogP contribution in [0.15, 0.2) is 42.5 Å². The average molecular weight is 357 g/mol. The van der Waals surface area contributed by atoms with Gasteiger partial charge >= 0.3 is 5.97 Å². The Hall–Kier alpha value is -3.00. The minimum absolute atomic E-state index is 0.0216. The van der Waals surface area contributed by atoms with Gasteiger partial charge in [0.05, 0.1) is 26.4 Å². The van der Waals surface area contributed by atoms with Crippen molar-refractivity contribution in [2.45, 2.75) is 6.61 Å². The number of ether oxygens (including phenoxy) is 1. The van der Waals surface area contributed by atoms with Gasteiger partial charge in [-0.25, -0.2) is 9.78 Å². The number of thiazole rings is 1. The minimum Gasteiger partial charge on any atom is -0.455 e. The number of non-ortho nitro benzene ring substituents is 1. The van der Waals surface area contributed by atoms with Crippen LogP contribution in [0, 0.1) is 10.1 Å². The van der Waals surface area contributed by atoms with Crippen molar-refractivity contribution in [2.24, 2.45) is 0 Å². The first-order chi connectivity index (χ1) is 12.0. The largest absolute Gasteiger partial charge is 0.455 e. The molecule has 0 radical (unpaired) electrons. The van der Waals surface area contributed by atoms with Crippen LogP contribution in [-0.2, 0) is 11.3 Å². The van der Waals surface area contributed by atoms with E-state index in [9.17, 15) is 14.9 Å². The van der Waals surface area contributed by atoms with Gasteiger partial charge in [-0.05, 0) is 18.2 Å². The summed E-state index contributed by atoms with van der Waals surface area (Å²) in [4.78, 5) is 29.0. The summed E-state index contributed by atoms with van der Waals surface area (Å²) in [6.45, 7) is 0.0216. The summed E-state index contributed by atoms with van der Waals surface area (Å²) in [6, 6.07) is 11.8. The molecule has 0 aliphatic rings. The van der Waals surface area contributed by atoms with Gasteiger partial charge in [-0.1, -0.05) is 12.1 Å². The van der Waals surface area contributed by atoms with E-state index in [2.05, 4.69) is 4.98 Å². The summed E-state index contributed by atoms with van der Waals surface area (Å²) in [5.74, 6) is -0.619. The molecule has 3 rings (SSSR count). The van der Waals surface area contributed by atoms with Crippen molar-refractivity contribution < 1.29 is 14.5 Å². The van der Waals surface area contributed by atoms with Crippen LogP contribution < -0.4 is 4.90 Å². The standard InChI is InChI=1S/C17H15N3O4S/c1-19(2)14-8-7-11(20(22)23)9-12(14)17(21)24-10-16-18-13-5-3-4-6-15(13)25-16/h3-9H,10H2,1-2H3. The van der Waals surface area contributed by atoms with E-state index in [4.69, 9.17) is 4.74 Å². The fourth-order valence-electron chi connectivity index (χ4n) is 2.38. The molecule has 0 unspecified atom stereocenters. The van der Waals surface area contributed by atoms with Crippen LogP contribution in [0.5, 0.6) is 0 Å². The highest BCUT2D eigenvalue weighted by Gasteiger charge is 2.19. The molecule has 3 aromatic rings. The number of nitrogens with zero attached hydrogens (tertiary/aromatic N) is 3. The van der Waals surface area contributed by atoms with Gasteiger partial charge in [-0.2, -0.15) is 0 Å². The molecule has 0 aliphatic carbocycles. The fourth-order valence-corrected chi connectivity index (χ4v) is 3.26. The van der Waals surface area contributed by atoms with Gasteiger partial charge < -0.3 is 9.64 Å². The van der Waals surface area contributed by atoms with Crippen LogP contribution >= 0.6 is 11.3 Å². The van der Waals surface area contributed by atoms with E-state index in [-0.39, 0.29) is 17.9 Å². The monoisotopic (exact) mass is 357 g/mol. The molecule has 0 saturated heterocycles. The second-order valence-electron chi connectivity index (χ2n) is 5.50. The van der Waals surface area contributed by atoms with Crippen LogP contribution in [0.1, 0.15) is 15.4 Å². The van der Waals surface area contributed by atoms with Gasteiger partial charge in [0.25, 0.3) is 5.69 Å². The number of rotatable bonds is 5. The maximum absolute atomic E-state index is 12.4. The second kappa shape index (κ2) is 6.86. The minimum atomic E-state index is -0.619. The molecule has 0 fully saturated rings. The van der Waals surface area contributed by atoms with Crippen molar-refractivity contribution in [1.29, 1.82) is 0 Å². The van der Waals surface area contributed by atoms with Crippen molar-refractivity contribution in [1.82, 2.24) is 4.98 Å².